The second kappa shape index (κ2) is 14.7. The molecule has 3 rings (SSSR count). The number of hydrogen-bond acceptors (Lipinski definition) is 7. The minimum Gasteiger partial charge on any atom is -0.495 e. The zero-order valence-electron chi connectivity index (χ0n) is 26.2. The van der Waals surface area contributed by atoms with Gasteiger partial charge in [-0.15, -0.1) is 0 Å². The highest BCUT2D eigenvalue weighted by atomic mass is 35.5. The first-order valence-corrected chi connectivity index (χ1v) is 16.2. The average Bonchev–Trinajstić information content (AvgIpc) is 2.97. The van der Waals surface area contributed by atoms with E-state index in [-0.39, 0.29) is 40.9 Å². The molecule has 242 valence electrons. The van der Waals surface area contributed by atoms with E-state index in [0.717, 1.165) is 15.9 Å². The third kappa shape index (κ3) is 8.95. The lowest BCUT2D eigenvalue weighted by Crippen LogP contribution is -2.56. The molecule has 45 heavy (non-hydrogen) atoms. The van der Waals surface area contributed by atoms with Crippen LogP contribution in [0.25, 0.3) is 0 Å². The van der Waals surface area contributed by atoms with Crippen molar-refractivity contribution in [2.24, 2.45) is 0 Å². The van der Waals surface area contributed by atoms with Crippen LogP contribution in [0.2, 0.25) is 5.02 Å². The monoisotopic (exact) mass is 658 g/mol. The first kappa shape index (κ1) is 35.3. The second-order valence-electron chi connectivity index (χ2n) is 11.5. The number of nitrogens with zero attached hydrogens (tertiary/aromatic N) is 3. The average molecular weight is 659 g/mol. The smallest absolute Gasteiger partial charge is 0.273 e. The molecule has 0 bridgehead atoms. The third-order valence-electron chi connectivity index (χ3n) is 7.02. The maximum atomic E-state index is 14.3. The van der Waals surface area contributed by atoms with Crippen LogP contribution in [0.4, 0.5) is 11.4 Å². The van der Waals surface area contributed by atoms with Gasteiger partial charge >= 0.3 is 0 Å². The minimum absolute atomic E-state index is 0.0446. The molecule has 0 aromatic heterocycles. The van der Waals surface area contributed by atoms with E-state index >= 15 is 0 Å². The van der Waals surface area contributed by atoms with Gasteiger partial charge in [-0.1, -0.05) is 54.9 Å². The van der Waals surface area contributed by atoms with Crippen LogP contribution in [0.5, 0.6) is 5.75 Å². The molecule has 0 radical (unpaired) electrons. The van der Waals surface area contributed by atoms with Gasteiger partial charge in [0, 0.05) is 28.7 Å². The summed E-state index contributed by atoms with van der Waals surface area (Å²) in [4.78, 5) is 39.7. The van der Waals surface area contributed by atoms with Crippen molar-refractivity contribution in [1.29, 1.82) is 0 Å². The Labute approximate surface area is 269 Å². The number of carbonyl (C=O) groups is 2. The number of ether oxygens (including phenoxy) is 1. The van der Waals surface area contributed by atoms with Crippen molar-refractivity contribution >= 4 is 44.8 Å². The number of halogens is 1. The van der Waals surface area contributed by atoms with E-state index in [0.29, 0.717) is 6.42 Å². The number of nitro groups is 1. The van der Waals surface area contributed by atoms with Gasteiger partial charge in [-0.3, -0.25) is 24.0 Å². The Bertz CT molecular complexity index is 1640. The number of aryl methyl sites for hydroxylation is 1. The van der Waals surface area contributed by atoms with Gasteiger partial charge in [0.25, 0.3) is 15.7 Å². The molecule has 0 saturated carbocycles. The second-order valence-corrected chi connectivity index (χ2v) is 13.8. The molecule has 2 amide bonds. The molecule has 1 N–H and O–H groups in total. The number of nitrogens with one attached hydrogen (secondary N) is 1. The van der Waals surface area contributed by atoms with Crippen LogP contribution in [0.3, 0.4) is 0 Å². The molecule has 0 saturated heterocycles. The molecule has 0 aliphatic rings. The highest BCUT2D eigenvalue weighted by Gasteiger charge is 2.36. The molecule has 13 heteroatoms. The molecule has 0 unspecified atom stereocenters. The molecular formula is C32H39ClN4O7S. The molecule has 0 aliphatic heterocycles. The van der Waals surface area contributed by atoms with E-state index in [9.17, 15) is 28.1 Å². The fourth-order valence-electron chi connectivity index (χ4n) is 4.79. The van der Waals surface area contributed by atoms with Crippen LogP contribution in [-0.4, -0.2) is 61.8 Å². The van der Waals surface area contributed by atoms with Crippen LogP contribution in [0, 0.1) is 17.0 Å². The molecule has 3 aromatic carbocycles. The molecule has 0 spiro atoms. The third-order valence-corrected chi connectivity index (χ3v) is 9.01. The molecule has 11 nitrogen and oxygen atoms in total. The number of benzene rings is 3. The molecule has 0 aliphatic carbocycles. The summed E-state index contributed by atoms with van der Waals surface area (Å²) in [6, 6.07) is 16.3. The van der Waals surface area contributed by atoms with Gasteiger partial charge in [-0.05, 0) is 70.4 Å². The Hall–Kier alpha value is -4.16. The topological polar surface area (TPSA) is 139 Å². The Balaban J connectivity index is 2.15. The number of sulfonamides is 1. The maximum Gasteiger partial charge on any atom is 0.273 e. The summed E-state index contributed by atoms with van der Waals surface area (Å²) in [5.41, 5.74) is 0.174. The van der Waals surface area contributed by atoms with Gasteiger partial charge in [0.05, 0.1) is 22.6 Å². The predicted octanol–water partition coefficient (Wildman–Crippen LogP) is 5.53. The van der Waals surface area contributed by atoms with Crippen LogP contribution in [-0.2, 0) is 26.0 Å². The largest absolute Gasteiger partial charge is 0.495 e. The summed E-state index contributed by atoms with van der Waals surface area (Å²) in [7, 11) is -3.27. The van der Waals surface area contributed by atoms with Gasteiger partial charge in [0.2, 0.25) is 11.8 Å². The van der Waals surface area contributed by atoms with Crippen molar-refractivity contribution in [3.63, 3.8) is 0 Å². The number of rotatable bonds is 13. The van der Waals surface area contributed by atoms with Crippen LogP contribution in [0.15, 0.2) is 71.6 Å². The zero-order valence-corrected chi connectivity index (χ0v) is 27.8. The van der Waals surface area contributed by atoms with Gasteiger partial charge < -0.3 is 15.0 Å². The number of methoxy groups -OCH3 is 1. The van der Waals surface area contributed by atoms with E-state index in [1.54, 1.807) is 6.92 Å². The van der Waals surface area contributed by atoms with Gasteiger partial charge in [-0.2, -0.15) is 0 Å². The number of anilines is 1. The summed E-state index contributed by atoms with van der Waals surface area (Å²) >= 11 is 6.28. The predicted molar refractivity (Wildman–Crippen MR) is 174 cm³/mol. The summed E-state index contributed by atoms with van der Waals surface area (Å²) < 4.78 is 34.8. The lowest BCUT2D eigenvalue weighted by molar-refractivity contribution is -0.385. The van der Waals surface area contributed by atoms with E-state index in [1.807, 2.05) is 51.1 Å². The Morgan fingerprint density at radius 2 is 1.73 bits per heavy atom. The minimum atomic E-state index is -4.61. The molecule has 0 fully saturated rings. The Morgan fingerprint density at radius 1 is 1.07 bits per heavy atom. The Kier molecular flexibility index (Phi) is 11.6. The van der Waals surface area contributed by atoms with Crippen molar-refractivity contribution in [1.82, 2.24) is 10.2 Å². The van der Waals surface area contributed by atoms with Gasteiger partial charge in [-0.25, -0.2) is 8.42 Å². The number of amides is 2. The van der Waals surface area contributed by atoms with Crippen molar-refractivity contribution in [2.45, 2.75) is 63.9 Å². The summed E-state index contributed by atoms with van der Waals surface area (Å²) in [5, 5.41) is 14.8. The van der Waals surface area contributed by atoms with Crippen LogP contribution < -0.4 is 14.4 Å². The van der Waals surface area contributed by atoms with Crippen LogP contribution >= 0.6 is 11.6 Å². The van der Waals surface area contributed by atoms with Crippen molar-refractivity contribution in [2.75, 3.05) is 24.5 Å². The summed E-state index contributed by atoms with van der Waals surface area (Å²) in [6.45, 7) is 8.13. The quantitative estimate of drug-likeness (QED) is 0.188. The molecule has 0 heterocycles. The maximum absolute atomic E-state index is 14.3. The standard InChI is InChI=1S/C32H39ClN4O7S/c1-7-26(31(39)34-32(3,4)5)35(18-17-23-11-9-8-10-12-23)30(38)21-36(28-19-24(33)14-16-29(28)44-6)45(42,43)25-15-13-22(2)27(20-25)37(40)41/h8-16,19-20,26H,7,17-18,21H2,1-6H3,(H,34,39)/t26-/m0/s1. The lowest BCUT2D eigenvalue weighted by Gasteiger charge is -2.35. The Morgan fingerprint density at radius 3 is 2.31 bits per heavy atom. The molecular weight excluding hydrogens is 620 g/mol. The van der Waals surface area contributed by atoms with Gasteiger partial charge in [0.15, 0.2) is 0 Å². The van der Waals surface area contributed by atoms with Crippen molar-refractivity contribution in [3.05, 3.63) is 93.0 Å². The molecule has 3 aromatic rings. The van der Waals surface area contributed by atoms with Crippen molar-refractivity contribution in [3.8, 4) is 5.75 Å². The highest BCUT2D eigenvalue weighted by molar-refractivity contribution is 7.92. The number of nitro benzene ring substituents is 1. The first-order valence-electron chi connectivity index (χ1n) is 14.4. The van der Waals surface area contributed by atoms with E-state index < -0.39 is 49.6 Å². The normalized spacial score (nSPS) is 12.2. The van der Waals surface area contributed by atoms with E-state index in [4.69, 9.17) is 16.3 Å². The van der Waals surface area contributed by atoms with Crippen LogP contribution in [0.1, 0.15) is 45.2 Å². The summed E-state index contributed by atoms with van der Waals surface area (Å²) in [6.07, 6.45) is 0.670. The highest BCUT2D eigenvalue weighted by Crippen LogP contribution is 2.36. The number of hydrogen-bond donors (Lipinski definition) is 1. The fourth-order valence-corrected chi connectivity index (χ4v) is 6.40. The zero-order chi connectivity index (χ0) is 33.5. The molecule has 1 atom stereocenters. The first-order chi connectivity index (χ1) is 21.1. The van der Waals surface area contributed by atoms with E-state index in [2.05, 4.69) is 5.32 Å². The van der Waals surface area contributed by atoms with Crippen molar-refractivity contribution < 1.29 is 27.7 Å². The number of carbonyl (C=O) groups excluding carboxylic acids is 2. The summed E-state index contributed by atoms with van der Waals surface area (Å²) in [5.74, 6) is -0.935. The van der Waals surface area contributed by atoms with Gasteiger partial charge in [0.1, 0.15) is 18.3 Å². The fraction of sp³-hybridized carbons (Fsp3) is 0.375. The van der Waals surface area contributed by atoms with E-state index in [1.165, 1.54) is 49.3 Å². The SMILES string of the molecule is CC[C@@H](C(=O)NC(C)(C)C)N(CCc1ccccc1)C(=O)CN(c1cc(Cl)ccc1OC)S(=O)(=O)c1ccc(C)c([N+](=O)[O-])c1. The lowest BCUT2D eigenvalue weighted by atomic mass is 10.1.